The molecule has 3 nitrogen and oxygen atoms in total. The Morgan fingerprint density at radius 1 is 1.26 bits per heavy atom. The van der Waals surface area contributed by atoms with Gasteiger partial charge < -0.3 is 10.3 Å². The predicted molar refractivity (Wildman–Crippen MR) is 79.0 cm³/mol. The lowest BCUT2D eigenvalue weighted by molar-refractivity contribution is 0.300. The summed E-state index contributed by atoms with van der Waals surface area (Å²) in [5.74, 6) is 1.81. The van der Waals surface area contributed by atoms with Crippen molar-refractivity contribution in [1.29, 1.82) is 0 Å². The fraction of sp³-hybridized carbons (Fsp3) is 0.562. The molecule has 0 spiro atoms. The number of aromatic nitrogens is 2. The van der Waals surface area contributed by atoms with E-state index in [4.69, 9.17) is 10.7 Å². The van der Waals surface area contributed by atoms with Gasteiger partial charge in [-0.05, 0) is 30.9 Å². The number of benzene rings is 1. The van der Waals surface area contributed by atoms with Crippen molar-refractivity contribution in [3.05, 3.63) is 30.1 Å². The van der Waals surface area contributed by atoms with Crippen LogP contribution in [0, 0.1) is 5.92 Å². The second-order valence-corrected chi connectivity index (χ2v) is 5.84. The van der Waals surface area contributed by atoms with Crippen LogP contribution in [-0.4, -0.2) is 15.6 Å². The third-order valence-corrected chi connectivity index (χ3v) is 4.55. The number of fused-ring (bicyclic) bond motifs is 1. The van der Waals surface area contributed by atoms with E-state index < -0.39 is 0 Å². The van der Waals surface area contributed by atoms with Crippen LogP contribution in [0.3, 0.4) is 0 Å². The molecule has 1 aromatic carbocycles. The van der Waals surface area contributed by atoms with Crippen LogP contribution in [0.4, 0.5) is 0 Å². The number of imidazole rings is 1. The van der Waals surface area contributed by atoms with E-state index in [1.165, 1.54) is 37.6 Å². The van der Waals surface area contributed by atoms with Gasteiger partial charge >= 0.3 is 0 Å². The Morgan fingerprint density at radius 3 is 2.74 bits per heavy atom. The molecule has 0 amide bonds. The first kappa shape index (κ1) is 12.7. The molecule has 2 aromatic rings. The number of para-hydroxylation sites is 2. The van der Waals surface area contributed by atoms with Crippen molar-refractivity contribution >= 4 is 11.0 Å². The minimum atomic E-state index is 0.260. The van der Waals surface area contributed by atoms with Gasteiger partial charge in [-0.1, -0.05) is 31.4 Å². The number of rotatable bonds is 3. The summed E-state index contributed by atoms with van der Waals surface area (Å²) in [6, 6.07) is 8.56. The van der Waals surface area contributed by atoms with E-state index in [1.807, 2.05) is 6.07 Å². The minimum absolute atomic E-state index is 0.260. The number of aryl methyl sites for hydroxylation is 1. The van der Waals surface area contributed by atoms with Crippen LogP contribution in [0.25, 0.3) is 11.0 Å². The number of hydrogen-bond donors (Lipinski definition) is 1. The van der Waals surface area contributed by atoms with E-state index in [0.717, 1.165) is 17.8 Å². The maximum atomic E-state index is 6.42. The lowest BCUT2D eigenvalue weighted by Gasteiger charge is -2.27. The van der Waals surface area contributed by atoms with Gasteiger partial charge in [-0.3, -0.25) is 0 Å². The van der Waals surface area contributed by atoms with Crippen molar-refractivity contribution < 1.29 is 0 Å². The molecule has 1 aliphatic carbocycles. The van der Waals surface area contributed by atoms with Crippen LogP contribution >= 0.6 is 0 Å². The van der Waals surface area contributed by atoms with Gasteiger partial charge in [0.15, 0.2) is 0 Å². The molecule has 1 fully saturated rings. The van der Waals surface area contributed by atoms with Gasteiger partial charge in [0, 0.05) is 19.5 Å². The van der Waals surface area contributed by atoms with Crippen molar-refractivity contribution in [3.8, 4) is 0 Å². The first-order chi connectivity index (χ1) is 9.25. The van der Waals surface area contributed by atoms with Gasteiger partial charge in [-0.2, -0.15) is 0 Å². The average Bonchev–Trinajstić information content (AvgIpc) is 2.77. The van der Waals surface area contributed by atoms with Crippen molar-refractivity contribution in [2.24, 2.45) is 18.7 Å². The summed E-state index contributed by atoms with van der Waals surface area (Å²) in [4.78, 5) is 4.73. The van der Waals surface area contributed by atoms with E-state index in [9.17, 15) is 0 Å². The molecule has 102 valence electrons. The molecule has 0 radical (unpaired) electrons. The van der Waals surface area contributed by atoms with Crippen LogP contribution in [0.2, 0.25) is 0 Å². The summed E-state index contributed by atoms with van der Waals surface area (Å²) in [6.45, 7) is 0. The van der Waals surface area contributed by atoms with Crippen LogP contribution < -0.4 is 5.73 Å². The zero-order valence-corrected chi connectivity index (χ0v) is 11.7. The maximum Gasteiger partial charge on any atom is 0.111 e. The van der Waals surface area contributed by atoms with Gasteiger partial charge in [0.2, 0.25) is 0 Å². The Balaban J connectivity index is 1.78. The van der Waals surface area contributed by atoms with Crippen LogP contribution in [0.5, 0.6) is 0 Å². The first-order valence-electron chi connectivity index (χ1n) is 7.41. The summed E-state index contributed by atoms with van der Waals surface area (Å²) < 4.78 is 2.19. The van der Waals surface area contributed by atoms with Crippen molar-refractivity contribution in [2.75, 3.05) is 0 Å². The number of nitrogens with zero attached hydrogens (tertiary/aromatic N) is 2. The second kappa shape index (κ2) is 5.33. The molecule has 19 heavy (non-hydrogen) atoms. The highest BCUT2D eigenvalue weighted by Crippen LogP contribution is 2.27. The largest absolute Gasteiger partial charge is 0.331 e. The van der Waals surface area contributed by atoms with E-state index in [-0.39, 0.29) is 6.04 Å². The molecule has 1 saturated carbocycles. The highest BCUT2D eigenvalue weighted by molar-refractivity contribution is 5.75. The zero-order valence-electron chi connectivity index (χ0n) is 11.7. The monoisotopic (exact) mass is 257 g/mol. The minimum Gasteiger partial charge on any atom is -0.331 e. The molecular formula is C16H23N3. The standard InChI is InChI=1S/C16H23N3/c1-19-15-10-6-5-9-14(15)18-16(19)11-13(17)12-7-3-2-4-8-12/h5-6,9-10,12-13H,2-4,7-8,11,17H2,1H3. The van der Waals surface area contributed by atoms with E-state index in [1.54, 1.807) is 0 Å². The molecule has 3 rings (SSSR count). The quantitative estimate of drug-likeness (QED) is 0.918. The van der Waals surface area contributed by atoms with Crippen molar-refractivity contribution in [2.45, 2.75) is 44.6 Å². The lowest BCUT2D eigenvalue weighted by Crippen LogP contribution is -2.34. The zero-order chi connectivity index (χ0) is 13.2. The topological polar surface area (TPSA) is 43.8 Å². The van der Waals surface area contributed by atoms with E-state index in [0.29, 0.717) is 5.92 Å². The third kappa shape index (κ3) is 2.52. The maximum absolute atomic E-state index is 6.42. The van der Waals surface area contributed by atoms with E-state index in [2.05, 4.69) is 29.8 Å². The lowest BCUT2D eigenvalue weighted by atomic mass is 9.83. The molecule has 0 saturated heterocycles. The highest BCUT2D eigenvalue weighted by Gasteiger charge is 2.22. The molecule has 0 bridgehead atoms. The van der Waals surface area contributed by atoms with Crippen LogP contribution in [0.15, 0.2) is 24.3 Å². The third-order valence-electron chi connectivity index (χ3n) is 4.55. The van der Waals surface area contributed by atoms with Crippen LogP contribution in [0.1, 0.15) is 37.9 Å². The number of hydrogen-bond acceptors (Lipinski definition) is 2. The van der Waals surface area contributed by atoms with Gasteiger partial charge in [0.1, 0.15) is 5.82 Å². The SMILES string of the molecule is Cn1c(CC(N)C2CCCCC2)nc2ccccc21. The Morgan fingerprint density at radius 2 is 2.00 bits per heavy atom. The normalized spacial score (nSPS) is 18.8. The Labute approximate surface area is 114 Å². The second-order valence-electron chi connectivity index (χ2n) is 5.84. The fourth-order valence-electron chi connectivity index (χ4n) is 3.32. The molecule has 1 aromatic heterocycles. The summed E-state index contributed by atoms with van der Waals surface area (Å²) in [5.41, 5.74) is 8.70. The molecule has 1 aliphatic rings. The van der Waals surface area contributed by atoms with Crippen molar-refractivity contribution in [3.63, 3.8) is 0 Å². The fourth-order valence-corrected chi connectivity index (χ4v) is 3.32. The Bertz CT molecular complexity index is 552. The van der Waals surface area contributed by atoms with Gasteiger partial charge in [-0.15, -0.1) is 0 Å². The molecular weight excluding hydrogens is 234 g/mol. The average molecular weight is 257 g/mol. The molecule has 1 atom stereocenters. The molecule has 0 aliphatic heterocycles. The van der Waals surface area contributed by atoms with Crippen LogP contribution in [-0.2, 0) is 13.5 Å². The summed E-state index contributed by atoms with van der Waals surface area (Å²) >= 11 is 0. The number of nitrogens with two attached hydrogens (primary N) is 1. The Kier molecular flexibility index (Phi) is 3.56. The highest BCUT2D eigenvalue weighted by atomic mass is 15.1. The summed E-state index contributed by atoms with van der Waals surface area (Å²) in [7, 11) is 2.10. The van der Waals surface area contributed by atoms with Crippen molar-refractivity contribution in [1.82, 2.24) is 9.55 Å². The van der Waals surface area contributed by atoms with Gasteiger partial charge in [0.05, 0.1) is 11.0 Å². The summed E-state index contributed by atoms with van der Waals surface area (Å²) in [5, 5.41) is 0. The van der Waals surface area contributed by atoms with Gasteiger partial charge in [-0.25, -0.2) is 4.98 Å². The first-order valence-corrected chi connectivity index (χ1v) is 7.41. The van der Waals surface area contributed by atoms with E-state index >= 15 is 0 Å². The smallest absolute Gasteiger partial charge is 0.111 e. The molecule has 3 heteroatoms. The van der Waals surface area contributed by atoms with Gasteiger partial charge in [0.25, 0.3) is 0 Å². The molecule has 1 heterocycles. The molecule has 2 N–H and O–H groups in total. The molecule has 1 unspecified atom stereocenters. The Hall–Kier alpha value is -1.35. The predicted octanol–water partition coefficient (Wildman–Crippen LogP) is 3.02. The summed E-state index contributed by atoms with van der Waals surface area (Å²) in [6.07, 6.45) is 7.57.